The van der Waals surface area contributed by atoms with E-state index < -0.39 is 0 Å². The topological polar surface area (TPSA) is 41.3 Å². The van der Waals surface area contributed by atoms with Gasteiger partial charge in [0, 0.05) is 19.1 Å². The lowest BCUT2D eigenvalue weighted by Gasteiger charge is -2.14. The van der Waals surface area contributed by atoms with E-state index in [1.54, 1.807) is 6.20 Å². The Morgan fingerprint density at radius 3 is 3.19 bits per heavy atom. The van der Waals surface area contributed by atoms with Crippen molar-refractivity contribution in [2.45, 2.75) is 39.3 Å². The van der Waals surface area contributed by atoms with Crippen molar-refractivity contribution in [2.75, 3.05) is 19.6 Å². The summed E-state index contributed by atoms with van der Waals surface area (Å²) in [5.41, 5.74) is 0. The quantitative estimate of drug-likeness (QED) is 0.822. The summed E-state index contributed by atoms with van der Waals surface area (Å²) in [6.45, 7) is 8.36. The van der Waals surface area contributed by atoms with Crippen LogP contribution in [0.3, 0.4) is 0 Å². The Hall–Kier alpha value is -0.870. The molecule has 0 bridgehead atoms. The zero-order valence-corrected chi connectivity index (χ0v) is 10.2. The zero-order chi connectivity index (χ0) is 11.4. The molecule has 1 aromatic heterocycles. The van der Waals surface area contributed by atoms with Gasteiger partial charge in [0.25, 0.3) is 0 Å². The van der Waals surface area contributed by atoms with E-state index in [0.717, 1.165) is 37.8 Å². The molecule has 1 unspecified atom stereocenters. The predicted molar refractivity (Wildman–Crippen MR) is 63.2 cm³/mol. The van der Waals surface area contributed by atoms with Crippen molar-refractivity contribution >= 4 is 0 Å². The summed E-state index contributed by atoms with van der Waals surface area (Å²) in [5, 5.41) is 3.56. The molecule has 1 fully saturated rings. The second kappa shape index (κ2) is 5.46. The number of rotatable bonds is 5. The van der Waals surface area contributed by atoms with Crippen LogP contribution in [0.2, 0.25) is 0 Å². The van der Waals surface area contributed by atoms with Crippen LogP contribution in [0.4, 0.5) is 0 Å². The fourth-order valence-corrected chi connectivity index (χ4v) is 2.16. The summed E-state index contributed by atoms with van der Waals surface area (Å²) >= 11 is 0. The van der Waals surface area contributed by atoms with Crippen LogP contribution in [0, 0.1) is 6.92 Å². The van der Waals surface area contributed by atoms with Crippen molar-refractivity contribution < 1.29 is 4.42 Å². The first kappa shape index (κ1) is 11.6. The minimum absolute atomic E-state index is 0.649. The normalized spacial score (nSPS) is 21.8. The smallest absolute Gasteiger partial charge is 0.208 e. The minimum atomic E-state index is 0.649. The maximum atomic E-state index is 5.49. The van der Waals surface area contributed by atoms with Crippen LogP contribution in [0.1, 0.15) is 31.4 Å². The van der Waals surface area contributed by atoms with Crippen molar-refractivity contribution in [1.82, 2.24) is 15.2 Å². The summed E-state index contributed by atoms with van der Waals surface area (Å²) < 4.78 is 5.49. The van der Waals surface area contributed by atoms with E-state index in [1.165, 1.54) is 12.8 Å². The lowest BCUT2D eigenvalue weighted by Crippen LogP contribution is -2.32. The van der Waals surface area contributed by atoms with Crippen LogP contribution in [0.25, 0.3) is 0 Å². The number of likely N-dealkylation sites (tertiary alicyclic amines) is 1. The van der Waals surface area contributed by atoms with Crippen molar-refractivity contribution in [1.29, 1.82) is 0 Å². The van der Waals surface area contributed by atoms with Crippen LogP contribution < -0.4 is 5.32 Å². The molecule has 2 heterocycles. The Morgan fingerprint density at radius 2 is 2.50 bits per heavy atom. The number of aromatic nitrogens is 1. The highest BCUT2D eigenvalue weighted by Crippen LogP contribution is 2.13. The average Bonchev–Trinajstić information content (AvgIpc) is 2.86. The first-order chi connectivity index (χ1) is 7.78. The highest BCUT2D eigenvalue weighted by Gasteiger charge is 2.22. The largest absolute Gasteiger partial charge is 0.445 e. The third-order valence-electron chi connectivity index (χ3n) is 2.98. The van der Waals surface area contributed by atoms with Gasteiger partial charge in [-0.25, -0.2) is 4.98 Å². The van der Waals surface area contributed by atoms with Crippen molar-refractivity contribution in [3.63, 3.8) is 0 Å². The lowest BCUT2D eigenvalue weighted by molar-refractivity contribution is 0.280. The molecule has 90 valence electrons. The van der Waals surface area contributed by atoms with Gasteiger partial charge in [-0.15, -0.1) is 0 Å². The molecule has 1 N–H and O–H groups in total. The van der Waals surface area contributed by atoms with Gasteiger partial charge in [-0.1, -0.05) is 6.92 Å². The molecule has 1 aromatic rings. The van der Waals surface area contributed by atoms with E-state index in [4.69, 9.17) is 4.42 Å². The van der Waals surface area contributed by atoms with Crippen molar-refractivity contribution in [2.24, 2.45) is 0 Å². The fourth-order valence-electron chi connectivity index (χ4n) is 2.16. The Balaban J connectivity index is 1.76. The van der Waals surface area contributed by atoms with Gasteiger partial charge in [0.1, 0.15) is 5.76 Å². The molecule has 0 aromatic carbocycles. The van der Waals surface area contributed by atoms with Crippen LogP contribution in [-0.2, 0) is 6.54 Å². The molecule has 0 aliphatic carbocycles. The van der Waals surface area contributed by atoms with E-state index >= 15 is 0 Å². The third kappa shape index (κ3) is 3.06. The molecule has 2 rings (SSSR count). The van der Waals surface area contributed by atoms with Crippen LogP contribution >= 0.6 is 0 Å². The van der Waals surface area contributed by atoms with Gasteiger partial charge in [-0.2, -0.15) is 0 Å². The first-order valence-electron chi connectivity index (χ1n) is 6.15. The summed E-state index contributed by atoms with van der Waals surface area (Å²) in [4.78, 5) is 6.64. The summed E-state index contributed by atoms with van der Waals surface area (Å²) in [6, 6.07) is 0.649. The molecule has 1 atom stereocenters. The Kier molecular flexibility index (Phi) is 3.96. The highest BCUT2D eigenvalue weighted by atomic mass is 16.4. The van der Waals surface area contributed by atoms with Gasteiger partial charge in [0.05, 0.1) is 12.7 Å². The summed E-state index contributed by atoms with van der Waals surface area (Å²) in [7, 11) is 0. The molecule has 4 nitrogen and oxygen atoms in total. The lowest BCUT2D eigenvalue weighted by atomic mass is 10.2. The second-order valence-electron chi connectivity index (χ2n) is 4.54. The van der Waals surface area contributed by atoms with Crippen LogP contribution in [0.5, 0.6) is 0 Å². The molecule has 0 amide bonds. The number of hydrogen-bond acceptors (Lipinski definition) is 4. The van der Waals surface area contributed by atoms with Gasteiger partial charge in [-0.3, -0.25) is 4.90 Å². The summed E-state index contributed by atoms with van der Waals surface area (Å²) in [6.07, 6.45) is 4.23. The first-order valence-corrected chi connectivity index (χ1v) is 6.15. The summed E-state index contributed by atoms with van der Waals surface area (Å²) in [5.74, 6) is 1.74. The number of nitrogens with zero attached hydrogens (tertiary/aromatic N) is 2. The number of nitrogens with one attached hydrogen (secondary N) is 1. The number of hydrogen-bond donors (Lipinski definition) is 1. The maximum absolute atomic E-state index is 5.49. The standard InChI is InChI=1S/C12H21N3O/c1-3-5-13-11-4-6-15(8-11)9-12-14-7-10(2)16-12/h7,11,13H,3-6,8-9H2,1-2H3. The fraction of sp³-hybridized carbons (Fsp3) is 0.750. The molecular formula is C12H21N3O. The van der Waals surface area contributed by atoms with Crippen LogP contribution in [0.15, 0.2) is 10.6 Å². The maximum Gasteiger partial charge on any atom is 0.208 e. The van der Waals surface area contributed by atoms with E-state index in [1.807, 2.05) is 6.92 Å². The predicted octanol–water partition coefficient (Wildman–Crippen LogP) is 1.56. The van der Waals surface area contributed by atoms with E-state index in [2.05, 4.69) is 22.1 Å². The van der Waals surface area contributed by atoms with E-state index in [0.29, 0.717) is 6.04 Å². The van der Waals surface area contributed by atoms with Crippen molar-refractivity contribution in [3.8, 4) is 0 Å². The molecular weight excluding hydrogens is 202 g/mol. The molecule has 0 spiro atoms. The molecule has 1 saturated heterocycles. The Labute approximate surface area is 97.0 Å². The average molecular weight is 223 g/mol. The van der Waals surface area contributed by atoms with Gasteiger partial charge < -0.3 is 9.73 Å². The van der Waals surface area contributed by atoms with Gasteiger partial charge in [-0.05, 0) is 26.3 Å². The third-order valence-corrected chi connectivity index (χ3v) is 2.98. The number of aryl methyl sites for hydroxylation is 1. The molecule has 4 heteroatoms. The molecule has 16 heavy (non-hydrogen) atoms. The van der Waals surface area contributed by atoms with Gasteiger partial charge >= 0.3 is 0 Å². The molecule has 0 radical (unpaired) electrons. The number of oxazole rings is 1. The Bertz CT molecular complexity index is 324. The van der Waals surface area contributed by atoms with Gasteiger partial charge in [0.2, 0.25) is 5.89 Å². The van der Waals surface area contributed by atoms with Crippen LogP contribution in [-0.4, -0.2) is 35.6 Å². The highest BCUT2D eigenvalue weighted by molar-refractivity contribution is 4.92. The Morgan fingerprint density at radius 1 is 1.62 bits per heavy atom. The monoisotopic (exact) mass is 223 g/mol. The van der Waals surface area contributed by atoms with E-state index in [-0.39, 0.29) is 0 Å². The molecule has 1 aliphatic heterocycles. The molecule has 0 saturated carbocycles. The zero-order valence-electron chi connectivity index (χ0n) is 10.2. The van der Waals surface area contributed by atoms with Crippen molar-refractivity contribution in [3.05, 3.63) is 17.8 Å². The molecule has 1 aliphatic rings. The minimum Gasteiger partial charge on any atom is -0.445 e. The SMILES string of the molecule is CCCNC1CCN(Cc2ncc(C)o2)C1. The second-order valence-corrected chi connectivity index (χ2v) is 4.54. The van der Waals surface area contributed by atoms with Gasteiger partial charge in [0.15, 0.2) is 0 Å². The van der Waals surface area contributed by atoms with E-state index in [9.17, 15) is 0 Å².